The number of allylic oxidation sites excluding steroid dienone is 1. The molecule has 0 aromatic carbocycles. The molecule has 0 rings (SSSR count). The molecule has 0 radical (unpaired) electrons. The molecule has 5 nitrogen and oxygen atoms in total. The summed E-state index contributed by atoms with van der Waals surface area (Å²) in [6, 6.07) is 0. The van der Waals surface area contributed by atoms with Crippen molar-refractivity contribution >= 4 is 5.97 Å². The topological polar surface area (TPSA) is 81.6 Å². The first kappa shape index (κ1) is 12.6. The van der Waals surface area contributed by atoms with Gasteiger partial charge in [-0.2, -0.15) is 0 Å². The zero-order valence-electron chi connectivity index (χ0n) is 7.96. The number of halogens is 2. The number of rotatable bonds is 4. The number of hydrazine groups is 1. The Labute approximate surface area is 80.3 Å². The Morgan fingerprint density at radius 3 is 2.36 bits per heavy atom. The van der Waals surface area contributed by atoms with Crippen LogP contribution >= 0.6 is 0 Å². The van der Waals surface area contributed by atoms with Crippen LogP contribution in [0.3, 0.4) is 0 Å². The number of hydrogen-bond acceptors (Lipinski definition) is 5. The summed E-state index contributed by atoms with van der Waals surface area (Å²) in [6.45, 7) is 1.66. The quantitative estimate of drug-likeness (QED) is 0.290. The molecule has 14 heavy (non-hydrogen) atoms. The van der Waals surface area contributed by atoms with E-state index in [0.29, 0.717) is 5.01 Å². The van der Waals surface area contributed by atoms with Crippen molar-refractivity contribution in [1.82, 2.24) is 5.01 Å². The molecule has 0 atom stereocenters. The van der Waals surface area contributed by atoms with Gasteiger partial charge >= 0.3 is 5.97 Å². The second-order valence-electron chi connectivity index (χ2n) is 2.38. The van der Waals surface area contributed by atoms with Crippen LogP contribution in [-0.4, -0.2) is 31.1 Å². The highest BCUT2D eigenvalue weighted by Crippen LogP contribution is 2.14. The van der Waals surface area contributed by atoms with Crippen molar-refractivity contribution in [2.45, 2.75) is 13.3 Å². The van der Waals surface area contributed by atoms with E-state index in [4.69, 9.17) is 11.6 Å². The number of nitrogens with two attached hydrogens (primary N) is 2. The van der Waals surface area contributed by atoms with Crippen molar-refractivity contribution in [2.24, 2.45) is 11.6 Å². The third kappa shape index (κ3) is 2.84. The summed E-state index contributed by atoms with van der Waals surface area (Å²) in [4.78, 5) is 10.9. The van der Waals surface area contributed by atoms with Crippen LogP contribution < -0.4 is 11.6 Å². The maximum absolute atomic E-state index is 12.4. The third-order valence-corrected chi connectivity index (χ3v) is 1.54. The lowest BCUT2D eigenvalue weighted by molar-refractivity contribution is -0.136. The van der Waals surface area contributed by atoms with Crippen LogP contribution in [-0.2, 0) is 9.53 Å². The van der Waals surface area contributed by atoms with Crippen LogP contribution in [0, 0.1) is 0 Å². The Hall–Kier alpha value is -1.37. The lowest BCUT2D eigenvalue weighted by atomic mass is 10.3. The molecular weight excluding hydrogens is 196 g/mol. The van der Waals surface area contributed by atoms with Crippen LogP contribution in [0.25, 0.3) is 0 Å². The molecule has 0 aromatic rings. The highest BCUT2D eigenvalue weighted by molar-refractivity contribution is 5.88. The number of esters is 1. The maximum Gasteiger partial charge on any atom is 0.356 e. The average Bonchev–Trinajstić information content (AvgIpc) is 2.15. The minimum atomic E-state index is -2.92. The fraction of sp³-hybridized carbons (Fsp3) is 0.571. The van der Waals surface area contributed by atoms with E-state index in [1.165, 1.54) is 0 Å². The van der Waals surface area contributed by atoms with E-state index in [2.05, 4.69) is 4.74 Å². The normalized spacial score (nSPS) is 12.4. The van der Waals surface area contributed by atoms with E-state index in [1.807, 2.05) is 0 Å². The number of carbonyl (C=O) groups is 1. The first-order valence-corrected chi connectivity index (χ1v) is 3.84. The average molecular weight is 209 g/mol. The largest absolute Gasteiger partial charge is 0.464 e. The van der Waals surface area contributed by atoms with Gasteiger partial charge in [0.2, 0.25) is 0 Å². The van der Waals surface area contributed by atoms with Crippen molar-refractivity contribution in [1.29, 1.82) is 0 Å². The minimum absolute atomic E-state index is 0.108. The summed E-state index contributed by atoms with van der Waals surface area (Å²) in [5.74, 6) is 4.20. The number of hydrogen-bond donors (Lipinski definition) is 2. The van der Waals surface area contributed by atoms with Crippen molar-refractivity contribution in [3.8, 4) is 0 Å². The standard InChI is InChI=1S/C7H13F2N3O2/c1-3-12(11)5(6(8)9)4(10)7(13)14-2/h6H,3,10-11H2,1-2H3/b5-4-. The minimum Gasteiger partial charge on any atom is -0.464 e. The number of ether oxygens (including phenoxy) is 1. The van der Waals surface area contributed by atoms with E-state index < -0.39 is 23.8 Å². The van der Waals surface area contributed by atoms with Crippen LogP contribution in [0.1, 0.15) is 6.92 Å². The molecule has 4 N–H and O–H groups in total. The Bertz CT molecular complexity index is 243. The van der Waals surface area contributed by atoms with Gasteiger partial charge in [-0.05, 0) is 6.92 Å². The first-order valence-electron chi connectivity index (χ1n) is 3.84. The molecule has 0 saturated heterocycles. The molecule has 0 saturated carbocycles. The third-order valence-electron chi connectivity index (χ3n) is 1.54. The molecule has 0 amide bonds. The molecule has 0 aliphatic heterocycles. The predicted octanol–water partition coefficient (Wildman–Crippen LogP) is -0.210. The monoisotopic (exact) mass is 209 g/mol. The number of methoxy groups -OCH3 is 1. The summed E-state index contributed by atoms with van der Waals surface area (Å²) in [5.41, 5.74) is 3.76. The van der Waals surface area contributed by atoms with Crippen molar-refractivity contribution in [2.75, 3.05) is 13.7 Å². The van der Waals surface area contributed by atoms with Gasteiger partial charge in [-0.15, -0.1) is 0 Å². The number of carbonyl (C=O) groups excluding carboxylic acids is 1. The second-order valence-corrected chi connectivity index (χ2v) is 2.38. The van der Waals surface area contributed by atoms with E-state index in [0.717, 1.165) is 7.11 Å². The summed E-state index contributed by atoms with van der Waals surface area (Å²) in [7, 11) is 1.05. The molecule has 0 bridgehead atoms. The van der Waals surface area contributed by atoms with Crippen LogP contribution in [0.5, 0.6) is 0 Å². The van der Waals surface area contributed by atoms with Crippen molar-refractivity contribution in [3.63, 3.8) is 0 Å². The van der Waals surface area contributed by atoms with Gasteiger partial charge in [0, 0.05) is 6.54 Å². The Balaban J connectivity index is 5.05. The summed E-state index contributed by atoms with van der Waals surface area (Å²) < 4.78 is 29.0. The zero-order chi connectivity index (χ0) is 11.3. The highest BCUT2D eigenvalue weighted by atomic mass is 19.3. The van der Waals surface area contributed by atoms with E-state index in [9.17, 15) is 13.6 Å². The number of nitrogens with zero attached hydrogens (tertiary/aromatic N) is 1. The molecule has 7 heteroatoms. The summed E-state index contributed by atoms with van der Waals surface area (Å²) >= 11 is 0. The van der Waals surface area contributed by atoms with Crippen molar-refractivity contribution < 1.29 is 18.3 Å². The van der Waals surface area contributed by atoms with Gasteiger partial charge in [0.25, 0.3) is 6.43 Å². The Morgan fingerprint density at radius 2 is 2.07 bits per heavy atom. The second kappa shape index (κ2) is 5.38. The van der Waals surface area contributed by atoms with Crippen LogP contribution in [0.4, 0.5) is 8.78 Å². The highest BCUT2D eigenvalue weighted by Gasteiger charge is 2.23. The molecule has 0 aromatic heterocycles. The lowest BCUT2D eigenvalue weighted by Crippen LogP contribution is -2.37. The molecule has 0 fully saturated rings. The lowest BCUT2D eigenvalue weighted by Gasteiger charge is -2.20. The van der Waals surface area contributed by atoms with Crippen LogP contribution in [0.2, 0.25) is 0 Å². The van der Waals surface area contributed by atoms with Crippen LogP contribution in [0.15, 0.2) is 11.4 Å². The van der Waals surface area contributed by atoms with E-state index >= 15 is 0 Å². The Kier molecular flexibility index (Phi) is 4.85. The van der Waals surface area contributed by atoms with E-state index in [-0.39, 0.29) is 6.54 Å². The van der Waals surface area contributed by atoms with Gasteiger partial charge in [0.05, 0.1) is 7.11 Å². The fourth-order valence-electron chi connectivity index (χ4n) is 0.782. The number of alkyl halides is 2. The molecule has 0 heterocycles. The molecule has 0 spiro atoms. The molecule has 0 aliphatic carbocycles. The molecule has 0 aliphatic rings. The van der Waals surface area contributed by atoms with Gasteiger partial charge in [0.15, 0.2) is 0 Å². The molecule has 0 unspecified atom stereocenters. The van der Waals surface area contributed by atoms with Gasteiger partial charge < -0.3 is 15.5 Å². The maximum atomic E-state index is 12.4. The smallest absolute Gasteiger partial charge is 0.356 e. The predicted molar refractivity (Wildman–Crippen MR) is 45.8 cm³/mol. The Morgan fingerprint density at radius 1 is 1.57 bits per heavy atom. The molecule has 82 valence electrons. The van der Waals surface area contributed by atoms with Gasteiger partial charge in [-0.3, -0.25) is 0 Å². The first-order chi connectivity index (χ1) is 6.45. The van der Waals surface area contributed by atoms with Gasteiger partial charge in [0.1, 0.15) is 11.4 Å². The van der Waals surface area contributed by atoms with E-state index in [1.54, 1.807) is 6.92 Å². The van der Waals surface area contributed by atoms with Gasteiger partial charge in [-0.25, -0.2) is 19.4 Å². The van der Waals surface area contributed by atoms with Gasteiger partial charge in [-0.1, -0.05) is 0 Å². The SMILES string of the molecule is CCN(N)/C(=C(\N)C(=O)OC)C(F)F. The van der Waals surface area contributed by atoms with Crippen molar-refractivity contribution in [3.05, 3.63) is 11.4 Å². The summed E-state index contributed by atoms with van der Waals surface area (Å²) in [5, 5.41) is 0.705. The molecular formula is C7H13F2N3O2. The summed E-state index contributed by atoms with van der Waals surface area (Å²) in [6.07, 6.45) is -2.92. The zero-order valence-corrected chi connectivity index (χ0v) is 7.96. The fourth-order valence-corrected chi connectivity index (χ4v) is 0.782.